The molecular formula is C18H22N2O2. The van der Waals surface area contributed by atoms with Gasteiger partial charge in [0.2, 0.25) is 5.91 Å². The number of aromatic nitrogens is 1. The first-order valence-corrected chi connectivity index (χ1v) is 7.39. The van der Waals surface area contributed by atoms with E-state index < -0.39 is 0 Å². The van der Waals surface area contributed by atoms with E-state index in [4.69, 9.17) is 0 Å². The molecule has 0 spiro atoms. The largest absolute Gasteiger partial charge is 0.504 e. The minimum Gasteiger partial charge on any atom is -0.504 e. The van der Waals surface area contributed by atoms with Crippen LogP contribution < -0.4 is 5.32 Å². The minimum absolute atomic E-state index is 0.0228. The number of rotatable bonds is 4. The molecule has 0 aliphatic heterocycles. The third kappa shape index (κ3) is 4.32. The smallest absolute Gasteiger partial charge is 0.225 e. The molecule has 22 heavy (non-hydrogen) atoms. The standard InChI is InChI=1S/C18H22N2O2/c1-18(2,3)14-9-6-13(7-10-14)8-11-16(22)20-17-15(21)5-4-12-19-17/h4-7,9-10,12,21H,8,11H2,1-3H3,(H,19,20,22). The van der Waals surface area contributed by atoms with Crippen LogP contribution in [0.2, 0.25) is 0 Å². The Bertz CT molecular complexity index is 643. The molecule has 0 unspecified atom stereocenters. The zero-order chi connectivity index (χ0) is 16.2. The number of nitrogens with one attached hydrogen (secondary N) is 1. The van der Waals surface area contributed by atoms with Crippen LogP contribution in [-0.4, -0.2) is 16.0 Å². The second kappa shape index (κ2) is 6.60. The highest BCUT2D eigenvalue weighted by atomic mass is 16.3. The fourth-order valence-electron chi connectivity index (χ4n) is 2.12. The van der Waals surface area contributed by atoms with Crippen molar-refractivity contribution >= 4 is 11.7 Å². The van der Waals surface area contributed by atoms with Gasteiger partial charge >= 0.3 is 0 Å². The first kappa shape index (κ1) is 16.0. The molecule has 0 saturated carbocycles. The molecule has 2 N–H and O–H groups in total. The summed E-state index contributed by atoms with van der Waals surface area (Å²) in [5.74, 6) is 0.0230. The summed E-state index contributed by atoms with van der Waals surface area (Å²) in [5, 5.41) is 12.2. The molecule has 2 aromatic rings. The molecule has 0 fully saturated rings. The van der Waals surface area contributed by atoms with E-state index in [-0.39, 0.29) is 22.9 Å². The van der Waals surface area contributed by atoms with Gasteiger partial charge in [0.15, 0.2) is 11.6 Å². The summed E-state index contributed by atoms with van der Waals surface area (Å²) in [6, 6.07) is 11.4. The Labute approximate surface area is 131 Å². The van der Waals surface area contributed by atoms with Gasteiger partial charge in [-0.15, -0.1) is 0 Å². The Balaban J connectivity index is 1.90. The molecule has 1 aromatic carbocycles. The van der Waals surface area contributed by atoms with Crippen LogP contribution in [0.5, 0.6) is 5.75 Å². The average molecular weight is 298 g/mol. The fourth-order valence-corrected chi connectivity index (χ4v) is 2.12. The zero-order valence-electron chi connectivity index (χ0n) is 13.3. The lowest BCUT2D eigenvalue weighted by Gasteiger charge is -2.19. The second-order valence-corrected chi connectivity index (χ2v) is 6.37. The number of anilines is 1. The summed E-state index contributed by atoms with van der Waals surface area (Å²) >= 11 is 0. The SMILES string of the molecule is CC(C)(C)c1ccc(CCC(=O)Nc2ncccc2O)cc1. The van der Waals surface area contributed by atoms with Gasteiger partial charge in [0, 0.05) is 12.6 Å². The molecule has 4 nitrogen and oxygen atoms in total. The van der Waals surface area contributed by atoms with E-state index in [0.29, 0.717) is 12.8 Å². The molecule has 1 aromatic heterocycles. The summed E-state index contributed by atoms with van der Waals surface area (Å²) in [7, 11) is 0. The zero-order valence-corrected chi connectivity index (χ0v) is 13.3. The van der Waals surface area contributed by atoms with Crippen molar-refractivity contribution in [3.8, 4) is 5.75 Å². The maximum atomic E-state index is 11.9. The maximum absolute atomic E-state index is 11.9. The first-order valence-electron chi connectivity index (χ1n) is 7.39. The van der Waals surface area contributed by atoms with Gasteiger partial charge in [0.25, 0.3) is 0 Å². The minimum atomic E-state index is -0.158. The number of carbonyl (C=O) groups excluding carboxylic acids is 1. The summed E-state index contributed by atoms with van der Waals surface area (Å²) in [6.07, 6.45) is 2.54. The molecule has 0 atom stereocenters. The topological polar surface area (TPSA) is 62.2 Å². The number of carbonyl (C=O) groups is 1. The fraction of sp³-hybridized carbons (Fsp3) is 0.333. The van der Waals surface area contributed by atoms with Crippen LogP contribution in [0.3, 0.4) is 0 Å². The highest BCUT2D eigenvalue weighted by Crippen LogP contribution is 2.22. The molecule has 1 amide bonds. The molecule has 0 aliphatic rings. The number of amides is 1. The van der Waals surface area contributed by atoms with E-state index in [9.17, 15) is 9.90 Å². The summed E-state index contributed by atoms with van der Waals surface area (Å²) < 4.78 is 0. The predicted octanol–water partition coefficient (Wildman–Crippen LogP) is 3.66. The average Bonchev–Trinajstić information content (AvgIpc) is 2.47. The molecule has 2 rings (SSSR count). The molecule has 0 bridgehead atoms. The van der Waals surface area contributed by atoms with Crippen molar-refractivity contribution < 1.29 is 9.90 Å². The van der Waals surface area contributed by atoms with Crippen LogP contribution >= 0.6 is 0 Å². The van der Waals surface area contributed by atoms with Crippen LogP contribution in [0.4, 0.5) is 5.82 Å². The van der Waals surface area contributed by atoms with E-state index in [0.717, 1.165) is 5.56 Å². The van der Waals surface area contributed by atoms with Gasteiger partial charge < -0.3 is 10.4 Å². The lowest BCUT2D eigenvalue weighted by molar-refractivity contribution is -0.116. The van der Waals surface area contributed by atoms with Gasteiger partial charge in [-0.05, 0) is 35.1 Å². The van der Waals surface area contributed by atoms with Gasteiger partial charge in [-0.3, -0.25) is 4.79 Å². The highest BCUT2D eigenvalue weighted by molar-refractivity contribution is 5.91. The Morgan fingerprint density at radius 1 is 1.18 bits per heavy atom. The monoisotopic (exact) mass is 298 g/mol. The van der Waals surface area contributed by atoms with E-state index in [1.54, 1.807) is 6.07 Å². The highest BCUT2D eigenvalue weighted by Gasteiger charge is 2.13. The number of hydrogen-bond acceptors (Lipinski definition) is 3. The number of aromatic hydroxyl groups is 1. The lowest BCUT2D eigenvalue weighted by Crippen LogP contribution is -2.14. The van der Waals surface area contributed by atoms with Crippen molar-refractivity contribution in [1.82, 2.24) is 4.98 Å². The second-order valence-electron chi connectivity index (χ2n) is 6.37. The Hall–Kier alpha value is -2.36. The summed E-state index contributed by atoms with van der Waals surface area (Å²) in [6.45, 7) is 6.53. The van der Waals surface area contributed by atoms with Crippen LogP contribution in [0, 0.1) is 0 Å². The van der Waals surface area contributed by atoms with E-state index in [2.05, 4.69) is 55.3 Å². The molecule has 0 aliphatic carbocycles. The van der Waals surface area contributed by atoms with Gasteiger partial charge in [-0.1, -0.05) is 45.0 Å². The van der Waals surface area contributed by atoms with Gasteiger partial charge in [-0.2, -0.15) is 0 Å². The predicted molar refractivity (Wildman–Crippen MR) is 88.0 cm³/mol. The van der Waals surface area contributed by atoms with Gasteiger partial charge in [-0.25, -0.2) is 4.98 Å². The van der Waals surface area contributed by atoms with E-state index >= 15 is 0 Å². The normalized spacial score (nSPS) is 11.2. The number of aryl methyl sites for hydroxylation is 1. The van der Waals surface area contributed by atoms with E-state index in [1.165, 1.54) is 17.8 Å². The molecule has 1 heterocycles. The summed E-state index contributed by atoms with van der Waals surface area (Å²) in [4.78, 5) is 15.8. The maximum Gasteiger partial charge on any atom is 0.225 e. The molecule has 0 radical (unpaired) electrons. The Kier molecular flexibility index (Phi) is 4.81. The summed E-state index contributed by atoms with van der Waals surface area (Å²) in [5.41, 5.74) is 2.53. The lowest BCUT2D eigenvalue weighted by atomic mass is 9.86. The number of nitrogens with zero attached hydrogens (tertiary/aromatic N) is 1. The molecule has 4 heteroatoms. The van der Waals surface area contributed by atoms with Crippen LogP contribution in [0.1, 0.15) is 38.3 Å². The van der Waals surface area contributed by atoms with E-state index in [1.807, 2.05) is 0 Å². The van der Waals surface area contributed by atoms with Gasteiger partial charge in [0.1, 0.15) is 0 Å². The van der Waals surface area contributed by atoms with Crippen molar-refractivity contribution in [2.24, 2.45) is 0 Å². The third-order valence-corrected chi connectivity index (χ3v) is 3.50. The number of pyridine rings is 1. The van der Waals surface area contributed by atoms with Crippen molar-refractivity contribution in [3.05, 3.63) is 53.7 Å². The quantitative estimate of drug-likeness (QED) is 0.905. The van der Waals surface area contributed by atoms with Gasteiger partial charge in [0.05, 0.1) is 0 Å². The number of benzene rings is 1. The van der Waals surface area contributed by atoms with Crippen molar-refractivity contribution in [2.75, 3.05) is 5.32 Å². The first-order chi connectivity index (χ1) is 10.4. The van der Waals surface area contributed by atoms with Crippen LogP contribution in [0.25, 0.3) is 0 Å². The third-order valence-electron chi connectivity index (χ3n) is 3.50. The Morgan fingerprint density at radius 2 is 1.86 bits per heavy atom. The molecule has 0 saturated heterocycles. The Morgan fingerprint density at radius 3 is 2.45 bits per heavy atom. The molecular weight excluding hydrogens is 276 g/mol. The van der Waals surface area contributed by atoms with Crippen LogP contribution in [0.15, 0.2) is 42.6 Å². The molecule has 116 valence electrons. The van der Waals surface area contributed by atoms with Crippen LogP contribution in [-0.2, 0) is 16.6 Å². The van der Waals surface area contributed by atoms with Crippen molar-refractivity contribution in [2.45, 2.75) is 39.0 Å². The van der Waals surface area contributed by atoms with Crippen molar-refractivity contribution in [1.29, 1.82) is 0 Å². The number of hydrogen-bond donors (Lipinski definition) is 2. The van der Waals surface area contributed by atoms with Crippen molar-refractivity contribution in [3.63, 3.8) is 0 Å².